The van der Waals surface area contributed by atoms with Gasteiger partial charge in [0.2, 0.25) is 0 Å². The molecule has 0 amide bonds. The minimum Gasteiger partial charge on any atom is -0.507 e. The molecule has 49 heavy (non-hydrogen) atoms. The van der Waals surface area contributed by atoms with E-state index in [0.29, 0.717) is 45.0 Å². The number of para-hydroxylation sites is 1. The van der Waals surface area contributed by atoms with E-state index >= 15 is 0 Å². The number of phenolic OH excluding ortho intramolecular Hbond substituents is 4. The Morgan fingerprint density at radius 1 is 0.592 bits per heavy atom. The third kappa shape index (κ3) is 6.02. The van der Waals surface area contributed by atoms with Gasteiger partial charge in [-0.1, -0.05) is 18.2 Å². The number of rotatable bonds is 10. The molecule has 9 nitrogen and oxygen atoms in total. The Hall–Kier alpha value is -6.22. The number of ketones is 2. The van der Waals surface area contributed by atoms with Crippen LogP contribution in [-0.2, 0) is 12.8 Å². The number of phenols is 4. The van der Waals surface area contributed by atoms with Crippen molar-refractivity contribution in [2.24, 2.45) is 0 Å². The first-order chi connectivity index (χ1) is 23.5. The van der Waals surface area contributed by atoms with Crippen LogP contribution in [0.15, 0.2) is 84.9 Å². The Kier molecular flexibility index (Phi) is 8.76. The molecule has 0 bridgehead atoms. The average Bonchev–Trinajstić information content (AvgIpc) is 3.47. The van der Waals surface area contributed by atoms with E-state index in [9.17, 15) is 30.0 Å². The van der Waals surface area contributed by atoms with Gasteiger partial charge < -0.3 is 34.9 Å². The second-order valence-electron chi connectivity index (χ2n) is 11.9. The van der Waals surface area contributed by atoms with E-state index in [2.05, 4.69) is 4.98 Å². The minimum absolute atomic E-state index is 0.00651. The van der Waals surface area contributed by atoms with Crippen LogP contribution in [0.5, 0.6) is 34.5 Å². The second kappa shape index (κ2) is 13.1. The Bertz CT molecular complexity index is 2230. The van der Waals surface area contributed by atoms with Gasteiger partial charge in [0.25, 0.3) is 0 Å². The first kappa shape index (κ1) is 32.7. The number of aryl methyl sites for hydroxylation is 2. The van der Waals surface area contributed by atoms with Crippen LogP contribution in [0.2, 0.25) is 0 Å². The number of aromatic hydroxyl groups is 4. The lowest BCUT2D eigenvalue weighted by atomic mass is 9.90. The van der Waals surface area contributed by atoms with E-state index in [1.807, 2.05) is 24.3 Å². The number of carbonyl (C=O) groups excluding carboxylic acids is 2. The molecular weight excluding hydrogens is 622 g/mol. The maximum absolute atomic E-state index is 13.6. The molecule has 0 spiro atoms. The van der Waals surface area contributed by atoms with E-state index in [-0.39, 0.29) is 58.1 Å². The highest BCUT2D eigenvalue weighted by Crippen LogP contribution is 2.41. The number of hydrogen-bond acceptors (Lipinski definition) is 8. The van der Waals surface area contributed by atoms with Gasteiger partial charge in [0.1, 0.15) is 34.5 Å². The van der Waals surface area contributed by atoms with Gasteiger partial charge in [-0.25, -0.2) is 0 Å². The van der Waals surface area contributed by atoms with Crippen molar-refractivity contribution in [3.63, 3.8) is 0 Å². The van der Waals surface area contributed by atoms with Crippen LogP contribution in [0.4, 0.5) is 0 Å². The Balaban J connectivity index is 1.43. The lowest BCUT2D eigenvalue weighted by molar-refractivity contribution is 0.102. The number of nitrogens with one attached hydrogen (secondary N) is 1. The molecular formula is C40H35NO8. The third-order valence-corrected chi connectivity index (χ3v) is 8.93. The molecule has 248 valence electrons. The van der Waals surface area contributed by atoms with Gasteiger partial charge in [-0.15, -0.1) is 0 Å². The van der Waals surface area contributed by atoms with Crippen molar-refractivity contribution in [1.82, 2.24) is 4.98 Å². The third-order valence-electron chi connectivity index (χ3n) is 8.93. The molecule has 0 fully saturated rings. The molecule has 9 heteroatoms. The monoisotopic (exact) mass is 657 g/mol. The van der Waals surface area contributed by atoms with Crippen LogP contribution in [0.3, 0.4) is 0 Å². The summed E-state index contributed by atoms with van der Waals surface area (Å²) in [5.41, 5.74) is 3.81. The van der Waals surface area contributed by atoms with Gasteiger partial charge >= 0.3 is 0 Å². The normalized spacial score (nSPS) is 11.1. The predicted molar refractivity (Wildman–Crippen MR) is 186 cm³/mol. The highest BCUT2D eigenvalue weighted by atomic mass is 16.5. The van der Waals surface area contributed by atoms with Gasteiger partial charge in [0, 0.05) is 51.7 Å². The maximum atomic E-state index is 13.6. The predicted octanol–water partition coefficient (Wildman–Crippen LogP) is 7.27. The molecule has 0 unspecified atom stereocenters. The fourth-order valence-electron chi connectivity index (χ4n) is 6.17. The molecule has 6 aromatic rings. The van der Waals surface area contributed by atoms with E-state index in [1.165, 1.54) is 26.4 Å². The molecule has 5 aromatic carbocycles. The van der Waals surface area contributed by atoms with Gasteiger partial charge in [0.15, 0.2) is 11.6 Å². The Morgan fingerprint density at radius 2 is 1.04 bits per heavy atom. The summed E-state index contributed by atoms with van der Waals surface area (Å²) in [6.45, 7) is 3.31. The molecule has 0 saturated heterocycles. The van der Waals surface area contributed by atoms with Crippen molar-refractivity contribution in [2.75, 3.05) is 14.2 Å². The van der Waals surface area contributed by atoms with Gasteiger partial charge in [-0.2, -0.15) is 0 Å². The zero-order valence-electron chi connectivity index (χ0n) is 27.4. The summed E-state index contributed by atoms with van der Waals surface area (Å²) in [6.07, 6.45) is -0.0101. The highest BCUT2D eigenvalue weighted by molar-refractivity contribution is 6.12. The molecule has 0 aliphatic rings. The summed E-state index contributed by atoms with van der Waals surface area (Å²) in [5.74, 6) is -0.723. The van der Waals surface area contributed by atoms with Crippen LogP contribution in [0.1, 0.15) is 65.4 Å². The number of methoxy groups -OCH3 is 2. The number of ether oxygens (including phenoxy) is 2. The number of aromatic amines is 1. The summed E-state index contributed by atoms with van der Waals surface area (Å²) in [7, 11) is 3.05. The van der Waals surface area contributed by atoms with Crippen LogP contribution < -0.4 is 9.47 Å². The molecule has 0 saturated carbocycles. The largest absolute Gasteiger partial charge is 0.507 e. The Labute approximate surface area is 282 Å². The van der Waals surface area contributed by atoms with Gasteiger partial charge in [-0.05, 0) is 97.3 Å². The van der Waals surface area contributed by atoms with E-state index in [0.717, 1.165) is 10.9 Å². The zero-order chi connectivity index (χ0) is 35.0. The Morgan fingerprint density at radius 3 is 1.51 bits per heavy atom. The fraction of sp³-hybridized carbons (Fsp3) is 0.150. The topological polar surface area (TPSA) is 149 Å². The number of H-pyrrole nitrogens is 1. The average molecular weight is 658 g/mol. The zero-order valence-corrected chi connectivity index (χ0v) is 27.4. The number of benzene rings is 5. The molecule has 0 atom stereocenters. The smallest absolute Gasteiger partial charge is 0.196 e. The molecule has 1 heterocycles. The van der Waals surface area contributed by atoms with Crippen molar-refractivity contribution in [2.45, 2.75) is 26.7 Å². The summed E-state index contributed by atoms with van der Waals surface area (Å²) < 4.78 is 10.4. The molecule has 0 aliphatic carbocycles. The fourth-order valence-corrected chi connectivity index (χ4v) is 6.17. The van der Waals surface area contributed by atoms with Crippen molar-refractivity contribution in [3.8, 4) is 34.5 Å². The van der Waals surface area contributed by atoms with Crippen LogP contribution in [0, 0.1) is 13.8 Å². The molecule has 0 aliphatic heterocycles. The van der Waals surface area contributed by atoms with Crippen LogP contribution in [0.25, 0.3) is 10.9 Å². The number of hydrogen-bond donors (Lipinski definition) is 5. The van der Waals surface area contributed by atoms with Gasteiger partial charge in [0.05, 0.1) is 25.3 Å². The number of carbonyl (C=O) groups is 2. The van der Waals surface area contributed by atoms with Crippen molar-refractivity contribution in [3.05, 3.63) is 141 Å². The van der Waals surface area contributed by atoms with E-state index in [1.54, 1.807) is 62.4 Å². The number of aromatic nitrogens is 1. The summed E-state index contributed by atoms with van der Waals surface area (Å²) in [4.78, 5) is 30.5. The van der Waals surface area contributed by atoms with E-state index < -0.39 is 11.6 Å². The summed E-state index contributed by atoms with van der Waals surface area (Å²) in [6, 6.07) is 23.4. The summed E-state index contributed by atoms with van der Waals surface area (Å²) in [5, 5.41) is 46.1. The lowest BCUT2D eigenvalue weighted by Gasteiger charge is -2.16. The summed E-state index contributed by atoms with van der Waals surface area (Å²) >= 11 is 0. The molecule has 5 N–H and O–H groups in total. The van der Waals surface area contributed by atoms with Crippen molar-refractivity contribution in [1.29, 1.82) is 0 Å². The highest BCUT2D eigenvalue weighted by Gasteiger charge is 2.26. The SMILES string of the molecule is COc1ccc(C(=O)c2cc(C)c(O)c(Cc3[nH]c4ccccc4c3Cc3c(O)c(C)cc(C(=O)c4ccc(OC)cc4)c3O)c2O)cc1. The van der Waals surface area contributed by atoms with Crippen molar-refractivity contribution < 1.29 is 39.5 Å². The van der Waals surface area contributed by atoms with Gasteiger partial charge in [-0.3, -0.25) is 9.59 Å². The van der Waals surface area contributed by atoms with Crippen LogP contribution in [-0.4, -0.2) is 51.2 Å². The lowest BCUT2D eigenvalue weighted by Crippen LogP contribution is -2.07. The second-order valence-corrected chi connectivity index (χ2v) is 11.9. The van der Waals surface area contributed by atoms with E-state index in [4.69, 9.17) is 9.47 Å². The minimum atomic E-state index is -0.426. The molecule has 1 aromatic heterocycles. The quantitative estimate of drug-likeness (QED) is 0.0966. The standard InChI is InChI=1S/C40H35NO8/c1-21-17-29(37(44)23-9-13-25(48-3)14-10-23)39(46)31(35(21)42)19-28-27-7-5-6-8-33(27)41-34(28)20-32-36(43)22(2)18-30(40(32)47)38(45)24-11-15-26(49-4)16-12-24/h5-18,41-43,46-47H,19-20H2,1-4H3. The van der Waals surface area contributed by atoms with Crippen LogP contribution >= 0.6 is 0 Å². The maximum Gasteiger partial charge on any atom is 0.196 e. The van der Waals surface area contributed by atoms with Crippen molar-refractivity contribution >= 4 is 22.5 Å². The molecule has 6 rings (SSSR count). The first-order valence-corrected chi connectivity index (χ1v) is 15.6. The first-order valence-electron chi connectivity index (χ1n) is 15.6. The molecule has 0 radical (unpaired) electrons. The number of fused-ring (bicyclic) bond motifs is 1.